The Labute approximate surface area is 133 Å². The van der Waals surface area contributed by atoms with Gasteiger partial charge in [-0.2, -0.15) is 0 Å². The molecule has 3 rings (SSSR count). The molecule has 0 spiro atoms. The number of benzene rings is 2. The highest BCUT2D eigenvalue weighted by Gasteiger charge is 2.17. The van der Waals surface area contributed by atoms with Crippen molar-refractivity contribution in [3.63, 3.8) is 0 Å². The predicted octanol–water partition coefficient (Wildman–Crippen LogP) is 3.91. The second kappa shape index (κ2) is 6.58. The molecule has 1 fully saturated rings. The third kappa shape index (κ3) is 3.63. The second-order valence-electron chi connectivity index (χ2n) is 5.33. The van der Waals surface area contributed by atoms with Gasteiger partial charge in [-0.25, -0.2) is 4.39 Å². The first kappa shape index (κ1) is 14.5. The number of anilines is 1. The van der Waals surface area contributed by atoms with E-state index in [0.717, 1.165) is 42.8 Å². The Morgan fingerprint density at radius 2 is 1.67 bits per heavy atom. The van der Waals surface area contributed by atoms with Gasteiger partial charge in [0.05, 0.1) is 0 Å². The molecule has 1 saturated heterocycles. The van der Waals surface area contributed by atoms with Gasteiger partial charge < -0.3 is 4.90 Å². The molecule has 0 aromatic heterocycles. The third-order valence-electron chi connectivity index (χ3n) is 3.90. The zero-order valence-corrected chi connectivity index (χ0v) is 13.4. The first-order valence-electron chi connectivity index (χ1n) is 7.18. The van der Waals surface area contributed by atoms with Gasteiger partial charge in [0.1, 0.15) is 5.82 Å². The highest BCUT2D eigenvalue weighted by atomic mass is 79.9. The van der Waals surface area contributed by atoms with E-state index < -0.39 is 0 Å². The van der Waals surface area contributed by atoms with Crippen LogP contribution in [0.1, 0.15) is 5.56 Å². The first-order valence-corrected chi connectivity index (χ1v) is 7.98. The minimum atomic E-state index is -0.195. The summed E-state index contributed by atoms with van der Waals surface area (Å²) in [4.78, 5) is 4.83. The maximum Gasteiger partial charge on any atom is 0.124 e. The quantitative estimate of drug-likeness (QED) is 0.829. The van der Waals surface area contributed by atoms with Crippen molar-refractivity contribution in [1.82, 2.24) is 4.90 Å². The fourth-order valence-electron chi connectivity index (χ4n) is 2.69. The molecule has 1 heterocycles. The van der Waals surface area contributed by atoms with Crippen LogP contribution in [0.5, 0.6) is 0 Å². The van der Waals surface area contributed by atoms with E-state index in [-0.39, 0.29) is 5.82 Å². The standard InChI is InChI=1S/C17H18BrFN2/c18-17-12-15(19)7-6-14(17)13-20-8-10-21(11-9-20)16-4-2-1-3-5-16/h1-7,12H,8-11,13H2. The monoisotopic (exact) mass is 348 g/mol. The molecule has 0 N–H and O–H groups in total. The van der Waals surface area contributed by atoms with Crippen LogP contribution in [0.2, 0.25) is 0 Å². The fourth-order valence-corrected chi connectivity index (χ4v) is 3.17. The van der Waals surface area contributed by atoms with Crippen molar-refractivity contribution in [3.05, 3.63) is 64.4 Å². The highest BCUT2D eigenvalue weighted by Crippen LogP contribution is 2.21. The normalized spacial score (nSPS) is 16.2. The van der Waals surface area contributed by atoms with E-state index in [2.05, 4.69) is 50.0 Å². The third-order valence-corrected chi connectivity index (χ3v) is 4.64. The van der Waals surface area contributed by atoms with E-state index in [0.29, 0.717) is 0 Å². The van der Waals surface area contributed by atoms with Crippen molar-refractivity contribution in [2.75, 3.05) is 31.1 Å². The summed E-state index contributed by atoms with van der Waals surface area (Å²) in [7, 11) is 0. The van der Waals surface area contributed by atoms with Crippen LogP contribution in [0.4, 0.5) is 10.1 Å². The Bertz CT molecular complexity index is 595. The Balaban J connectivity index is 1.59. The fraction of sp³-hybridized carbons (Fsp3) is 0.294. The minimum absolute atomic E-state index is 0.195. The molecule has 4 heteroatoms. The Morgan fingerprint density at radius 3 is 2.33 bits per heavy atom. The lowest BCUT2D eigenvalue weighted by Crippen LogP contribution is -2.46. The summed E-state index contributed by atoms with van der Waals surface area (Å²) in [6.07, 6.45) is 0. The van der Waals surface area contributed by atoms with E-state index in [1.54, 1.807) is 0 Å². The molecule has 2 nitrogen and oxygen atoms in total. The van der Waals surface area contributed by atoms with Crippen LogP contribution >= 0.6 is 15.9 Å². The number of para-hydroxylation sites is 1. The highest BCUT2D eigenvalue weighted by molar-refractivity contribution is 9.10. The van der Waals surface area contributed by atoms with Crippen LogP contribution in [-0.2, 0) is 6.54 Å². The summed E-state index contributed by atoms with van der Waals surface area (Å²) in [5.41, 5.74) is 2.43. The summed E-state index contributed by atoms with van der Waals surface area (Å²) in [5.74, 6) is -0.195. The van der Waals surface area contributed by atoms with Crippen molar-refractivity contribution in [3.8, 4) is 0 Å². The molecular weight excluding hydrogens is 331 g/mol. The Hall–Kier alpha value is -1.39. The summed E-state index contributed by atoms with van der Waals surface area (Å²) in [5, 5.41) is 0. The van der Waals surface area contributed by atoms with E-state index in [1.165, 1.54) is 17.8 Å². The molecule has 0 saturated carbocycles. The smallest absolute Gasteiger partial charge is 0.124 e. The average Bonchev–Trinajstić information content (AvgIpc) is 2.52. The molecular formula is C17H18BrFN2. The number of hydrogen-bond donors (Lipinski definition) is 0. The number of halogens is 2. The zero-order valence-electron chi connectivity index (χ0n) is 11.8. The predicted molar refractivity (Wildman–Crippen MR) is 88.0 cm³/mol. The molecule has 0 bridgehead atoms. The van der Waals surface area contributed by atoms with E-state index in [9.17, 15) is 4.39 Å². The van der Waals surface area contributed by atoms with E-state index >= 15 is 0 Å². The number of piperazine rings is 1. The van der Waals surface area contributed by atoms with Gasteiger partial charge >= 0.3 is 0 Å². The topological polar surface area (TPSA) is 6.48 Å². The molecule has 0 aliphatic carbocycles. The maximum atomic E-state index is 13.1. The molecule has 0 atom stereocenters. The molecule has 1 aliphatic heterocycles. The molecule has 110 valence electrons. The second-order valence-corrected chi connectivity index (χ2v) is 6.19. The summed E-state index contributed by atoms with van der Waals surface area (Å²) in [6, 6.07) is 15.5. The van der Waals surface area contributed by atoms with Gasteiger partial charge in [0, 0.05) is 42.9 Å². The lowest BCUT2D eigenvalue weighted by Gasteiger charge is -2.36. The largest absolute Gasteiger partial charge is 0.369 e. The van der Waals surface area contributed by atoms with Crippen LogP contribution < -0.4 is 4.90 Å². The van der Waals surface area contributed by atoms with Gasteiger partial charge in [-0.05, 0) is 29.8 Å². The van der Waals surface area contributed by atoms with Crippen molar-refractivity contribution in [2.24, 2.45) is 0 Å². The molecule has 2 aromatic carbocycles. The summed E-state index contributed by atoms with van der Waals surface area (Å²) >= 11 is 3.45. The summed E-state index contributed by atoms with van der Waals surface area (Å²) < 4.78 is 14.0. The molecule has 1 aliphatic rings. The molecule has 0 unspecified atom stereocenters. The minimum Gasteiger partial charge on any atom is -0.369 e. The van der Waals surface area contributed by atoms with E-state index in [4.69, 9.17) is 0 Å². The van der Waals surface area contributed by atoms with Gasteiger partial charge in [-0.15, -0.1) is 0 Å². The molecule has 2 aromatic rings. The maximum absolute atomic E-state index is 13.1. The van der Waals surface area contributed by atoms with E-state index in [1.807, 2.05) is 12.1 Å². The molecule has 21 heavy (non-hydrogen) atoms. The van der Waals surface area contributed by atoms with Crippen LogP contribution in [0.3, 0.4) is 0 Å². The van der Waals surface area contributed by atoms with Crippen molar-refractivity contribution in [1.29, 1.82) is 0 Å². The lowest BCUT2D eigenvalue weighted by atomic mass is 10.2. The molecule has 0 radical (unpaired) electrons. The van der Waals surface area contributed by atoms with Crippen LogP contribution in [-0.4, -0.2) is 31.1 Å². The zero-order chi connectivity index (χ0) is 14.7. The van der Waals surface area contributed by atoms with Gasteiger partial charge in [-0.3, -0.25) is 4.90 Å². The molecule has 0 amide bonds. The van der Waals surface area contributed by atoms with Gasteiger partial charge in [0.15, 0.2) is 0 Å². The van der Waals surface area contributed by atoms with Gasteiger partial charge in [-0.1, -0.05) is 40.2 Å². The number of nitrogens with zero attached hydrogens (tertiary/aromatic N) is 2. The van der Waals surface area contributed by atoms with Crippen molar-refractivity contribution >= 4 is 21.6 Å². The van der Waals surface area contributed by atoms with Crippen molar-refractivity contribution in [2.45, 2.75) is 6.54 Å². The first-order chi connectivity index (χ1) is 10.2. The lowest BCUT2D eigenvalue weighted by molar-refractivity contribution is 0.249. The van der Waals surface area contributed by atoms with Crippen LogP contribution in [0.25, 0.3) is 0 Å². The average molecular weight is 349 g/mol. The number of hydrogen-bond acceptors (Lipinski definition) is 2. The van der Waals surface area contributed by atoms with Crippen LogP contribution in [0.15, 0.2) is 53.0 Å². The van der Waals surface area contributed by atoms with Gasteiger partial charge in [0.2, 0.25) is 0 Å². The van der Waals surface area contributed by atoms with Crippen LogP contribution in [0, 0.1) is 5.82 Å². The summed E-state index contributed by atoms with van der Waals surface area (Å²) in [6.45, 7) is 4.98. The number of rotatable bonds is 3. The Kier molecular flexibility index (Phi) is 4.56. The van der Waals surface area contributed by atoms with Crippen molar-refractivity contribution < 1.29 is 4.39 Å². The Morgan fingerprint density at radius 1 is 0.952 bits per heavy atom. The van der Waals surface area contributed by atoms with Gasteiger partial charge in [0.25, 0.3) is 0 Å². The SMILES string of the molecule is Fc1ccc(CN2CCN(c3ccccc3)CC2)c(Br)c1.